The average Bonchev–Trinajstić information content (AvgIpc) is 1.93. The van der Waals surface area contributed by atoms with Gasteiger partial charge in [0.15, 0.2) is 0 Å². The van der Waals surface area contributed by atoms with Crippen LogP contribution < -0.4 is 5.56 Å². The zero-order chi connectivity index (χ0) is 7.72. The highest BCUT2D eigenvalue weighted by Gasteiger charge is 2.01. The number of rotatable bonds is 0. The molecule has 0 atom stereocenters. The van der Waals surface area contributed by atoms with Crippen LogP contribution in [0.25, 0.3) is 0 Å². The third-order valence-corrected chi connectivity index (χ3v) is 1.44. The molecule has 0 aliphatic heterocycles. The summed E-state index contributed by atoms with van der Waals surface area (Å²) in [5.74, 6) is -0.240. The molecule has 1 aromatic rings. The van der Waals surface area contributed by atoms with Crippen LogP contribution in [0.3, 0.4) is 0 Å². The van der Waals surface area contributed by atoms with E-state index in [4.69, 9.17) is 5.11 Å². The molecule has 1 aromatic heterocycles. The summed E-state index contributed by atoms with van der Waals surface area (Å²) in [7, 11) is 0. The largest absolute Gasteiger partial charge is 0.493 e. The van der Waals surface area contributed by atoms with Crippen LogP contribution in [-0.2, 0) is 0 Å². The fraction of sp³-hybridized carbons (Fsp3) is 0.200. The van der Waals surface area contributed by atoms with Crippen LogP contribution in [-0.4, -0.2) is 14.1 Å². The standard InChI is InChI=1S/C5H6N2O2S/c1-3-4(8)6-2-7(10)5(3)9/h2,8,10H,1H3. The molecule has 0 unspecified atom stereocenters. The Labute approximate surface area is 62.7 Å². The number of thiol groups is 1. The van der Waals surface area contributed by atoms with E-state index in [1.165, 1.54) is 6.92 Å². The molecule has 0 bridgehead atoms. The molecule has 1 heterocycles. The van der Waals surface area contributed by atoms with E-state index in [0.717, 1.165) is 10.3 Å². The molecule has 0 spiro atoms. The molecule has 10 heavy (non-hydrogen) atoms. The molecule has 4 nitrogen and oxygen atoms in total. The van der Waals surface area contributed by atoms with Gasteiger partial charge in [0, 0.05) is 0 Å². The Bertz CT molecular complexity index is 307. The highest BCUT2D eigenvalue weighted by atomic mass is 32.1. The Morgan fingerprint density at radius 3 is 2.90 bits per heavy atom. The van der Waals surface area contributed by atoms with Crippen LogP contribution in [0.4, 0.5) is 0 Å². The molecule has 54 valence electrons. The molecular formula is C5H6N2O2S. The summed E-state index contributed by atoms with van der Waals surface area (Å²) in [6, 6.07) is 0. The molecule has 0 aliphatic rings. The first-order valence-electron chi connectivity index (χ1n) is 2.59. The summed E-state index contributed by atoms with van der Waals surface area (Å²) in [5, 5.41) is 8.87. The summed E-state index contributed by atoms with van der Waals surface area (Å²) < 4.78 is 1.01. The Morgan fingerprint density at radius 1 is 1.80 bits per heavy atom. The molecule has 0 radical (unpaired) electrons. The summed E-state index contributed by atoms with van der Waals surface area (Å²) in [4.78, 5) is 14.4. The van der Waals surface area contributed by atoms with Crippen molar-refractivity contribution in [3.05, 3.63) is 22.2 Å². The lowest BCUT2D eigenvalue weighted by atomic mass is 10.4. The van der Waals surface area contributed by atoms with Gasteiger partial charge in [0.25, 0.3) is 5.56 Å². The zero-order valence-electron chi connectivity index (χ0n) is 5.27. The molecule has 0 fully saturated rings. The van der Waals surface area contributed by atoms with E-state index in [9.17, 15) is 4.79 Å². The SMILES string of the molecule is Cc1c(O)ncn(S)c1=O. The van der Waals surface area contributed by atoms with Gasteiger partial charge in [-0.3, -0.25) is 4.79 Å². The van der Waals surface area contributed by atoms with E-state index in [2.05, 4.69) is 17.8 Å². The number of hydrogen-bond donors (Lipinski definition) is 2. The van der Waals surface area contributed by atoms with Crippen LogP contribution in [0, 0.1) is 6.92 Å². The fourth-order valence-electron chi connectivity index (χ4n) is 0.526. The Kier molecular flexibility index (Phi) is 1.67. The average molecular weight is 158 g/mol. The molecule has 0 aliphatic carbocycles. The lowest BCUT2D eigenvalue weighted by Crippen LogP contribution is -2.15. The first kappa shape index (κ1) is 7.14. The van der Waals surface area contributed by atoms with Gasteiger partial charge in [-0.2, -0.15) is 0 Å². The van der Waals surface area contributed by atoms with Crippen LogP contribution in [0.5, 0.6) is 5.88 Å². The quantitative estimate of drug-likeness (QED) is 0.520. The smallest absolute Gasteiger partial charge is 0.270 e. The molecule has 0 amide bonds. The molecule has 0 aromatic carbocycles. The van der Waals surface area contributed by atoms with E-state index in [0.29, 0.717) is 0 Å². The maximum absolute atomic E-state index is 10.9. The minimum atomic E-state index is -0.351. The zero-order valence-corrected chi connectivity index (χ0v) is 6.17. The van der Waals surface area contributed by atoms with Crippen LogP contribution in [0.15, 0.2) is 11.1 Å². The lowest BCUT2D eigenvalue weighted by molar-refractivity contribution is 0.445. The van der Waals surface area contributed by atoms with E-state index < -0.39 is 0 Å². The van der Waals surface area contributed by atoms with Gasteiger partial charge in [0.1, 0.15) is 6.33 Å². The Morgan fingerprint density at radius 2 is 2.40 bits per heavy atom. The third kappa shape index (κ3) is 0.995. The van der Waals surface area contributed by atoms with Gasteiger partial charge in [0.05, 0.1) is 5.56 Å². The molecule has 1 N–H and O–H groups in total. The van der Waals surface area contributed by atoms with Gasteiger partial charge in [-0.25, -0.2) is 8.96 Å². The van der Waals surface area contributed by atoms with Crippen molar-refractivity contribution in [2.75, 3.05) is 0 Å². The topological polar surface area (TPSA) is 55.1 Å². The first-order chi connectivity index (χ1) is 4.63. The van der Waals surface area contributed by atoms with E-state index in [1.54, 1.807) is 0 Å². The predicted octanol–water partition coefficient (Wildman–Crippen LogP) is -0.0498. The molecular weight excluding hydrogens is 152 g/mol. The normalized spacial score (nSPS) is 9.80. The second-order valence-corrected chi connectivity index (χ2v) is 2.27. The minimum Gasteiger partial charge on any atom is -0.493 e. The Hall–Kier alpha value is -0.970. The number of hydrogen-bond acceptors (Lipinski definition) is 4. The van der Waals surface area contributed by atoms with Crippen molar-refractivity contribution in [3.8, 4) is 5.88 Å². The molecule has 1 rings (SSSR count). The summed E-state index contributed by atoms with van der Waals surface area (Å²) in [5.41, 5.74) is -0.145. The monoisotopic (exact) mass is 158 g/mol. The number of nitrogens with zero attached hydrogens (tertiary/aromatic N) is 2. The second kappa shape index (κ2) is 2.34. The van der Waals surface area contributed by atoms with Crippen molar-refractivity contribution < 1.29 is 5.11 Å². The van der Waals surface area contributed by atoms with Gasteiger partial charge in [-0.15, -0.1) is 0 Å². The van der Waals surface area contributed by atoms with Crippen molar-refractivity contribution in [2.24, 2.45) is 0 Å². The molecule has 0 saturated heterocycles. The predicted molar refractivity (Wildman–Crippen MR) is 39.3 cm³/mol. The highest BCUT2D eigenvalue weighted by Crippen LogP contribution is 2.03. The highest BCUT2D eigenvalue weighted by molar-refractivity contribution is 7.78. The second-order valence-electron chi connectivity index (χ2n) is 1.84. The van der Waals surface area contributed by atoms with Gasteiger partial charge in [-0.05, 0) is 6.92 Å². The van der Waals surface area contributed by atoms with Crippen molar-refractivity contribution in [1.29, 1.82) is 0 Å². The van der Waals surface area contributed by atoms with Gasteiger partial charge < -0.3 is 5.11 Å². The van der Waals surface area contributed by atoms with E-state index >= 15 is 0 Å². The van der Waals surface area contributed by atoms with E-state index in [1.807, 2.05) is 0 Å². The van der Waals surface area contributed by atoms with Crippen molar-refractivity contribution >= 4 is 12.8 Å². The summed E-state index contributed by atoms with van der Waals surface area (Å²) in [6.45, 7) is 1.48. The third-order valence-electron chi connectivity index (χ3n) is 1.15. The molecule has 5 heteroatoms. The number of aromatic nitrogens is 2. The van der Waals surface area contributed by atoms with Crippen LogP contribution in [0.1, 0.15) is 5.56 Å². The van der Waals surface area contributed by atoms with Crippen molar-refractivity contribution in [1.82, 2.24) is 8.96 Å². The maximum Gasteiger partial charge on any atom is 0.270 e. The minimum absolute atomic E-state index is 0.206. The van der Waals surface area contributed by atoms with Gasteiger partial charge in [0.2, 0.25) is 5.88 Å². The fourth-order valence-corrected chi connectivity index (χ4v) is 0.728. The van der Waals surface area contributed by atoms with Crippen LogP contribution in [0.2, 0.25) is 0 Å². The van der Waals surface area contributed by atoms with E-state index in [-0.39, 0.29) is 17.0 Å². The lowest BCUT2D eigenvalue weighted by Gasteiger charge is -1.96. The summed E-state index contributed by atoms with van der Waals surface area (Å²) >= 11 is 3.75. The van der Waals surface area contributed by atoms with Gasteiger partial charge in [-0.1, -0.05) is 12.8 Å². The first-order valence-corrected chi connectivity index (χ1v) is 2.99. The molecule has 0 saturated carbocycles. The Balaban J connectivity index is 3.50. The van der Waals surface area contributed by atoms with Crippen molar-refractivity contribution in [3.63, 3.8) is 0 Å². The van der Waals surface area contributed by atoms with Crippen LogP contribution >= 0.6 is 12.8 Å². The van der Waals surface area contributed by atoms with Gasteiger partial charge >= 0.3 is 0 Å². The maximum atomic E-state index is 10.9. The van der Waals surface area contributed by atoms with Crippen molar-refractivity contribution in [2.45, 2.75) is 6.92 Å². The number of aromatic hydroxyl groups is 1. The summed E-state index contributed by atoms with van der Waals surface area (Å²) in [6.07, 6.45) is 1.15.